The summed E-state index contributed by atoms with van der Waals surface area (Å²) in [5.74, 6) is 1.92. The average molecular weight is 534 g/mol. The smallest absolute Gasteiger partial charge is 0.410 e. The van der Waals surface area contributed by atoms with E-state index in [0.29, 0.717) is 31.5 Å². The fraction of sp³-hybridized carbons (Fsp3) is 0.600. The van der Waals surface area contributed by atoms with Crippen molar-refractivity contribution in [1.82, 2.24) is 14.9 Å². The molecule has 1 aromatic carbocycles. The molecule has 202 valence electrons. The Bertz CT molecular complexity index is 1250. The number of anilines is 1. The summed E-state index contributed by atoms with van der Waals surface area (Å²) < 4.78 is 5.65. The number of nitrogens with zero attached hydrogens (tertiary/aromatic N) is 5. The fourth-order valence-electron chi connectivity index (χ4n) is 6.40. The second-order valence-electron chi connectivity index (χ2n) is 11.9. The minimum Gasteiger partial charge on any atom is -0.444 e. The van der Waals surface area contributed by atoms with Gasteiger partial charge in [0.05, 0.1) is 24.2 Å². The summed E-state index contributed by atoms with van der Waals surface area (Å²) in [5.41, 5.74) is 6.44. The highest BCUT2D eigenvalue weighted by Gasteiger charge is 2.37. The number of ether oxygens (including phenoxy) is 1. The second kappa shape index (κ2) is 10.8. The van der Waals surface area contributed by atoms with Gasteiger partial charge >= 0.3 is 6.09 Å². The number of carbonyl (C=O) groups is 1. The van der Waals surface area contributed by atoms with E-state index in [1.807, 2.05) is 27.0 Å². The highest BCUT2D eigenvalue weighted by Crippen LogP contribution is 2.43. The summed E-state index contributed by atoms with van der Waals surface area (Å²) in [6.07, 6.45) is 7.44. The van der Waals surface area contributed by atoms with Crippen LogP contribution in [-0.2, 0) is 30.4 Å². The third-order valence-electron chi connectivity index (χ3n) is 8.18. The molecule has 5 rings (SSSR count). The van der Waals surface area contributed by atoms with Crippen LogP contribution in [-0.4, -0.2) is 58.5 Å². The van der Waals surface area contributed by atoms with Crippen LogP contribution in [0, 0.1) is 17.2 Å². The van der Waals surface area contributed by atoms with Crippen LogP contribution in [0.3, 0.4) is 0 Å². The molecule has 3 unspecified atom stereocenters. The van der Waals surface area contributed by atoms with Crippen molar-refractivity contribution in [3.63, 3.8) is 0 Å². The number of thioether (sulfide) groups is 1. The van der Waals surface area contributed by atoms with Crippen molar-refractivity contribution in [2.24, 2.45) is 5.92 Å². The molecule has 1 saturated heterocycles. The SMILES string of the molecule is CSc1nc2c(c(N3CCN(C(=O)OC(C)(C)C)C(CC#N)C3)n1)CC(C)C(c1cccc3c1CCC3)C2. The molecule has 0 bridgehead atoms. The average Bonchev–Trinajstić information content (AvgIpc) is 3.36. The van der Waals surface area contributed by atoms with Crippen LogP contribution < -0.4 is 4.90 Å². The molecule has 3 aliphatic rings. The number of amides is 1. The zero-order chi connectivity index (χ0) is 27.0. The summed E-state index contributed by atoms with van der Waals surface area (Å²) in [7, 11) is 0. The Labute approximate surface area is 231 Å². The molecule has 1 aromatic heterocycles. The first-order valence-corrected chi connectivity index (χ1v) is 15.1. The number of aromatic nitrogens is 2. The summed E-state index contributed by atoms with van der Waals surface area (Å²) >= 11 is 1.57. The lowest BCUT2D eigenvalue weighted by Gasteiger charge is -2.42. The molecule has 1 amide bonds. The van der Waals surface area contributed by atoms with Gasteiger partial charge in [-0.2, -0.15) is 5.26 Å². The van der Waals surface area contributed by atoms with Crippen molar-refractivity contribution < 1.29 is 9.53 Å². The van der Waals surface area contributed by atoms with E-state index in [0.717, 1.165) is 29.5 Å². The molecule has 0 spiro atoms. The van der Waals surface area contributed by atoms with Crippen molar-refractivity contribution in [2.45, 2.75) is 88.9 Å². The Morgan fingerprint density at radius 3 is 2.74 bits per heavy atom. The van der Waals surface area contributed by atoms with Crippen LogP contribution in [0.25, 0.3) is 0 Å². The van der Waals surface area contributed by atoms with Crippen LogP contribution in [0.15, 0.2) is 23.4 Å². The molecule has 38 heavy (non-hydrogen) atoms. The first-order valence-electron chi connectivity index (χ1n) is 13.8. The quantitative estimate of drug-likeness (QED) is 0.377. The van der Waals surface area contributed by atoms with Crippen molar-refractivity contribution in [2.75, 3.05) is 30.8 Å². The zero-order valence-electron chi connectivity index (χ0n) is 23.3. The molecule has 2 heterocycles. The third kappa shape index (κ3) is 5.36. The number of carbonyl (C=O) groups excluding carboxylic acids is 1. The van der Waals surface area contributed by atoms with Gasteiger partial charge in [0.2, 0.25) is 0 Å². The molecule has 0 N–H and O–H groups in total. The van der Waals surface area contributed by atoms with Crippen LogP contribution in [0.1, 0.15) is 74.4 Å². The Balaban J connectivity index is 1.44. The van der Waals surface area contributed by atoms with Crippen molar-refractivity contribution in [3.8, 4) is 6.07 Å². The zero-order valence-corrected chi connectivity index (χ0v) is 24.1. The largest absolute Gasteiger partial charge is 0.444 e. The first-order chi connectivity index (χ1) is 18.2. The van der Waals surface area contributed by atoms with Crippen molar-refractivity contribution in [3.05, 3.63) is 46.1 Å². The molecule has 1 aliphatic heterocycles. The molecule has 8 heteroatoms. The maximum absolute atomic E-state index is 12.9. The number of aryl methyl sites for hydroxylation is 1. The van der Waals surface area contributed by atoms with Gasteiger partial charge < -0.3 is 14.5 Å². The Kier molecular flexibility index (Phi) is 7.59. The van der Waals surface area contributed by atoms with E-state index in [2.05, 4.69) is 36.1 Å². The third-order valence-corrected chi connectivity index (χ3v) is 8.73. The molecule has 2 aliphatic carbocycles. The Hall–Kier alpha value is -2.79. The monoisotopic (exact) mass is 533 g/mol. The van der Waals surface area contributed by atoms with E-state index in [9.17, 15) is 10.1 Å². The minimum absolute atomic E-state index is 0.243. The van der Waals surface area contributed by atoms with Gasteiger partial charge in [0.15, 0.2) is 5.16 Å². The van der Waals surface area contributed by atoms with Crippen molar-refractivity contribution >= 4 is 23.7 Å². The Morgan fingerprint density at radius 2 is 2.00 bits per heavy atom. The minimum atomic E-state index is -0.573. The van der Waals surface area contributed by atoms with E-state index < -0.39 is 5.60 Å². The number of nitriles is 1. The van der Waals surface area contributed by atoms with Gasteiger partial charge in [-0.1, -0.05) is 36.9 Å². The topological polar surface area (TPSA) is 82.4 Å². The number of piperazine rings is 1. The van der Waals surface area contributed by atoms with E-state index >= 15 is 0 Å². The maximum atomic E-state index is 12.9. The van der Waals surface area contributed by atoms with Gasteiger partial charge in [0, 0.05) is 25.2 Å². The number of benzene rings is 1. The predicted octanol–water partition coefficient (Wildman–Crippen LogP) is 5.55. The summed E-state index contributed by atoms with van der Waals surface area (Å²) in [4.78, 5) is 26.9. The summed E-state index contributed by atoms with van der Waals surface area (Å²) in [6, 6.07) is 8.92. The molecule has 0 saturated carbocycles. The van der Waals surface area contributed by atoms with E-state index in [4.69, 9.17) is 14.7 Å². The molecule has 1 fully saturated rings. The van der Waals surface area contributed by atoms with Crippen LogP contribution in [0.2, 0.25) is 0 Å². The lowest BCUT2D eigenvalue weighted by Crippen LogP contribution is -2.56. The molecule has 3 atom stereocenters. The number of fused-ring (bicyclic) bond motifs is 2. The maximum Gasteiger partial charge on any atom is 0.410 e. The highest BCUT2D eigenvalue weighted by molar-refractivity contribution is 7.98. The van der Waals surface area contributed by atoms with Crippen LogP contribution >= 0.6 is 11.8 Å². The van der Waals surface area contributed by atoms with Gasteiger partial charge in [-0.15, -0.1) is 0 Å². The standard InChI is InChI=1S/C30H39N5O2S/c1-19-16-25-26(17-24(19)23-11-7-9-20-8-6-10-22(20)23)32-28(38-5)33-27(25)34-14-15-35(21(18-34)12-13-31)29(36)37-30(2,3)4/h7,9,11,19,21,24H,6,8,10,12,14-18H2,1-5H3. The van der Waals surface area contributed by atoms with Gasteiger partial charge in [0.25, 0.3) is 0 Å². The van der Waals surface area contributed by atoms with Gasteiger partial charge in [0.1, 0.15) is 11.4 Å². The first kappa shape index (κ1) is 26.8. The molecular formula is C30H39N5O2S. The van der Waals surface area contributed by atoms with E-state index in [1.165, 1.54) is 36.0 Å². The Morgan fingerprint density at radius 1 is 1.18 bits per heavy atom. The molecular weight excluding hydrogens is 494 g/mol. The lowest BCUT2D eigenvalue weighted by atomic mass is 9.73. The normalized spacial score (nSPS) is 23.0. The van der Waals surface area contributed by atoms with E-state index in [1.54, 1.807) is 22.2 Å². The summed E-state index contributed by atoms with van der Waals surface area (Å²) in [5, 5.41) is 10.3. The fourth-order valence-corrected chi connectivity index (χ4v) is 6.78. The van der Waals surface area contributed by atoms with Crippen LogP contribution in [0.4, 0.5) is 10.6 Å². The lowest BCUT2D eigenvalue weighted by molar-refractivity contribution is 0.0144. The van der Waals surface area contributed by atoms with E-state index in [-0.39, 0.29) is 18.6 Å². The van der Waals surface area contributed by atoms with Gasteiger partial charge in [-0.25, -0.2) is 14.8 Å². The molecule has 2 aromatic rings. The molecule has 0 radical (unpaired) electrons. The second-order valence-corrected chi connectivity index (χ2v) is 12.7. The number of hydrogen-bond donors (Lipinski definition) is 0. The van der Waals surface area contributed by atoms with Crippen LogP contribution in [0.5, 0.6) is 0 Å². The summed E-state index contributed by atoms with van der Waals surface area (Å²) in [6.45, 7) is 9.70. The molecule has 7 nitrogen and oxygen atoms in total. The number of rotatable bonds is 4. The van der Waals surface area contributed by atoms with Gasteiger partial charge in [-0.3, -0.25) is 0 Å². The number of hydrogen-bond acceptors (Lipinski definition) is 7. The van der Waals surface area contributed by atoms with Crippen molar-refractivity contribution in [1.29, 1.82) is 5.26 Å². The highest BCUT2D eigenvalue weighted by atomic mass is 32.2. The van der Waals surface area contributed by atoms with Gasteiger partial charge in [-0.05, 0) is 87.7 Å². The predicted molar refractivity (Wildman–Crippen MR) is 151 cm³/mol.